The highest BCUT2D eigenvalue weighted by molar-refractivity contribution is 6.31. The molecule has 16 heavy (non-hydrogen) atoms. The fourth-order valence-corrected chi connectivity index (χ4v) is 1.74. The maximum absolute atomic E-state index is 13.8. The predicted octanol–water partition coefficient (Wildman–Crippen LogP) is 3.28. The average Bonchev–Trinajstić information content (AvgIpc) is 2.68. The van der Waals surface area contributed by atoms with Crippen LogP contribution in [-0.4, -0.2) is 5.16 Å². The van der Waals surface area contributed by atoms with Gasteiger partial charge in [0.15, 0.2) is 0 Å². The molecule has 2 rings (SSSR count). The van der Waals surface area contributed by atoms with Gasteiger partial charge in [-0.2, -0.15) is 0 Å². The van der Waals surface area contributed by atoms with E-state index in [0.29, 0.717) is 11.1 Å². The van der Waals surface area contributed by atoms with Gasteiger partial charge in [0.05, 0.1) is 16.8 Å². The minimum absolute atomic E-state index is 0.0787. The van der Waals surface area contributed by atoms with Crippen LogP contribution in [0.15, 0.2) is 22.9 Å². The van der Waals surface area contributed by atoms with E-state index < -0.39 is 5.82 Å². The molecule has 0 atom stereocenters. The molecule has 2 aromatic rings. The normalized spacial score (nSPS) is 10.7. The first-order valence-electron chi connectivity index (χ1n) is 4.82. The number of aromatic nitrogens is 1. The average molecular weight is 241 g/mol. The summed E-state index contributed by atoms with van der Waals surface area (Å²) < 4.78 is 18.5. The summed E-state index contributed by atoms with van der Waals surface area (Å²) in [6, 6.07) is 3.30. The molecule has 84 valence electrons. The maximum atomic E-state index is 13.8. The van der Waals surface area contributed by atoms with E-state index in [0.717, 1.165) is 12.0 Å². The monoisotopic (exact) mass is 240 g/mol. The first-order chi connectivity index (χ1) is 7.63. The van der Waals surface area contributed by atoms with Gasteiger partial charge in [0.2, 0.25) is 5.88 Å². The van der Waals surface area contributed by atoms with Gasteiger partial charge < -0.3 is 10.3 Å². The van der Waals surface area contributed by atoms with Crippen LogP contribution in [0.25, 0.3) is 11.1 Å². The molecule has 5 heteroatoms. The second-order valence-electron chi connectivity index (χ2n) is 3.40. The largest absolute Gasteiger partial charge is 0.367 e. The van der Waals surface area contributed by atoms with Gasteiger partial charge in [0.25, 0.3) is 0 Å². The highest BCUT2D eigenvalue weighted by atomic mass is 35.5. The van der Waals surface area contributed by atoms with Crippen LogP contribution in [0.4, 0.5) is 10.3 Å². The zero-order valence-corrected chi connectivity index (χ0v) is 9.38. The van der Waals surface area contributed by atoms with E-state index in [2.05, 4.69) is 5.16 Å². The summed E-state index contributed by atoms with van der Waals surface area (Å²) in [5.74, 6) is -0.419. The van der Waals surface area contributed by atoms with Crippen LogP contribution in [0.5, 0.6) is 0 Å². The Morgan fingerprint density at radius 2 is 2.19 bits per heavy atom. The number of aryl methyl sites for hydroxylation is 1. The second-order valence-corrected chi connectivity index (χ2v) is 3.80. The molecule has 0 radical (unpaired) electrons. The van der Waals surface area contributed by atoms with Crippen LogP contribution in [0, 0.1) is 5.82 Å². The lowest BCUT2D eigenvalue weighted by Gasteiger charge is -2.06. The third kappa shape index (κ3) is 1.76. The predicted molar refractivity (Wildman–Crippen MR) is 60.7 cm³/mol. The fraction of sp³-hybridized carbons (Fsp3) is 0.182. The molecule has 1 aromatic heterocycles. The van der Waals surface area contributed by atoms with Crippen LogP contribution >= 0.6 is 11.6 Å². The van der Waals surface area contributed by atoms with Gasteiger partial charge in [-0.15, -0.1) is 0 Å². The minimum atomic E-state index is -0.506. The highest BCUT2D eigenvalue weighted by Crippen LogP contribution is 2.32. The van der Waals surface area contributed by atoms with Crippen LogP contribution in [0.3, 0.4) is 0 Å². The molecule has 0 aliphatic carbocycles. The van der Waals surface area contributed by atoms with Gasteiger partial charge in [0.1, 0.15) is 5.82 Å². The molecule has 1 heterocycles. The number of nitrogens with two attached hydrogens (primary N) is 1. The van der Waals surface area contributed by atoms with Crippen LogP contribution < -0.4 is 5.73 Å². The SMILES string of the molecule is CCc1cc(Cl)c(F)c(-c2cnoc2N)c1. The van der Waals surface area contributed by atoms with Gasteiger partial charge >= 0.3 is 0 Å². The van der Waals surface area contributed by atoms with Gasteiger partial charge in [-0.05, 0) is 24.1 Å². The lowest BCUT2D eigenvalue weighted by molar-refractivity contribution is 0.436. The summed E-state index contributed by atoms with van der Waals surface area (Å²) >= 11 is 5.80. The lowest BCUT2D eigenvalue weighted by atomic mass is 10.0. The number of anilines is 1. The standard InChI is InChI=1S/C11H10ClFN2O/c1-2-6-3-7(10(13)9(12)4-6)8-5-15-16-11(8)14/h3-5H,2,14H2,1H3. The third-order valence-electron chi connectivity index (χ3n) is 2.38. The van der Waals surface area contributed by atoms with Gasteiger partial charge in [0, 0.05) is 5.56 Å². The molecule has 0 saturated carbocycles. The Bertz CT molecular complexity index is 525. The van der Waals surface area contributed by atoms with E-state index in [1.807, 2.05) is 6.92 Å². The zero-order chi connectivity index (χ0) is 11.7. The van der Waals surface area contributed by atoms with Gasteiger partial charge in [-0.1, -0.05) is 23.7 Å². The Kier molecular flexibility index (Phi) is 2.83. The zero-order valence-electron chi connectivity index (χ0n) is 8.63. The molecule has 0 aliphatic heterocycles. The summed E-state index contributed by atoms with van der Waals surface area (Å²) in [7, 11) is 0. The molecule has 0 unspecified atom stereocenters. The fourth-order valence-electron chi connectivity index (χ4n) is 1.50. The van der Waals surface area contributed by atoms with E-state index >= 15 is 0 Å². The Morgan fingerprint density at radius 3 is 2.75 bits per heavy atom. The van der Waals surface area contributed by atoms with E-state index in [1.54, 1.807) is 12.1 Å². The molecule has 0 fully saturated rings. The number of benzene rings is 1. The smallest absolute Gasteiger partial charge is 0.230 e. The lowest BCUT2D eigenvalue weighted by Crippen LogP contribution is -1.92. The minimum Gasteiger partial charge on any atom is -0.367 e. The van der Waals surface area contributed by atoms with Crippen molar-refractivity contribution in [2.75, 3.05) is 5.73 Å². The number of hydrogen-bond donors (Lipinski definition) is 1. The van der Waals surface area contributed by atoms with Crippen molar-refractivity contribution in [3.05, 3.63) is 34.7 Å². The molecule has 0 saturated heterocycles. The molecule has 0 spiro atoms. The maximum Gasteiger partial charge on any atom is 0.230 e. The van der Waals surface area contributed by atoms with E-state index in [4.69, 9.17) is 21.9 Å². The second kappa shape index (κ2) is 4.14. The highest BCUT2D eigenvalue weighted by Gasteiger charge is 2.15. The van der Waals surface area contributed by atoms with Crippen molar-refractivity contribution in [3.63, 3.8) is 0 Å². The Labute approximate surface area is 97.0 Å². The summed E-state index contributed by atoms with van der Waals surface area (Å²) in [5.41, 5.74) is 7.22. The van der Waals surface area contributed by atoms with Crippen molar-refractivity contribution in [2.24, 2.45) is 0 Å². The van der Waals surface area contributed by atoms with Crippen molar-refractivity contribution in [2.45, 2.75) is 13.3 Å². The first kappa shape index (κ1) is 11.0. The molecule has 0 amide bonds. The number of nitrogen functional groups attached to an aromatic ring is 1. The van der Waals surface area contributed by atoms with E-state index in [9.17, 15) is 4.39 Å². The van der Waals surface area contributed by atoms with Crippen LogP contribution in [0.1, 0.15) is 12.5 Å². The molecule has 2 N–H and O–H groups in total. The molecular formula is C11H10ClFN2O. The Morgan fingerprint density at radius 1 is 1.44 bits per heavy atom. The summed E-state index contributed by atoms with van der Waals surface area (Å²) in [6.45, 7) is 1.96. The van der Waals surface area contributed by atoms with Crippen molar-refractivity contribution >= 4 is 17.5 Å². The van der Waals surface area contributed by atoms with E-state index in [-0.39, 0.29) is 10.9 Å². The third-order valence-corrected chi connectivity index (χ3v) is 2.66. The number of rotatable bonds is 2. The van der Waals surface area contributed by atoms with Crippen molar-refractivity contribution in [3.8, 4) is 11.1 Å². The molecule has 3 nitrogen and oxygen atoms in total. The quantitative estimate of drug-likeness (QED) is 0.876. The first-order valence-corrected chi connectivity index (χ1v) is 5.19. The van der Waals surface area contributed by atoms with Gasteiger partial charge in [-0.25, -0.2) is 4.39 Å². The van der Waals surface area contributed by atoms with Crippen molar-refractivity contribution < 1.29 is 8.91 Å². The van der Waals surface area contributed by atoms with Crippen molar-refractivity contribution in [1.29, 1.82) is 0 Å². The van der Waals surface area contributed by atoms with Crippen LogP contribution in [-0.2, 0) is 6.42 Å². The molecule has 0 bridgehead atoms. The molecule has 0 aliphatic rings. The summed E-state index contributed by atoms with van der Waals surface area (Å²) in [6.07, 6.45) is 2.14. The Hall–Kier alpha value is -1.55. The van der Waals surface area contributed by atoms with Crippen LogP contribution in [0.2, 0.25) is 5.02 Å². The van der Waals surface area contributed by atoms with Gasteiger partial charge in [-0.3, -0.25) is 0 Å². The summed E-state index contributed by atoms with van der Waals surface area (Å²) in [5, 5.41) is 3.59. The Balaban J connectivity index is 2.64. The van der Waals surface area contributed by atoms with E-state index in [1.165, 1.54) is 6.20 Å². The molecular weight excluding hydrogens is 231 g/mol. The number of halogens is 2. The molecule has 1 aromatic carbocycles. The number of nitrogens with zero attached hydrogens (tertiary/aromatic N) is 1. The topological polar surface area (TPSA) is 52.0 Å². The summed E-state index contributed by atoms with van der Waals surface area (Å²) in [4.78, 5) is 0. The number of hydrogen-bond acceptors (Lipinski definition) is 3. The van der Waals surface area contributed by atoms with Crippen molar-refractivity contribution in [1.82, 2.24) is 5.16 Å².